The van der Waals surface area contributed by atoms with Crippen molar-refractivity contribution in [3.8, 4) is 0 Å². The minimum absolute atomic E-state index is 0.00699. The third-order valence-electron chi connectivity index (χ3n) is 8.18. The molecular formula is C27H47N3O5. The lowest BCUT2D eigenvalue weighted by molar-refractivity contribution is -0.152. The minimum atomic E-state index is -1.07. The second-order valence-electron chi connectivity index (χ2n) is 13.3. The van der Waals surface area contributed by atoms with Crippen molar-refractivity contribution in [1.82, 2.24) is 15.5 Å². The summed E-state index contributed by atoms with van der Waals surface area (Å²) in [6.45, 7) is 16.2. The Balaban J connectivity index is 2.10. The Kier molecular flexibility index (Phi) is 7.44. The highest BCUT2D eigenvalue weighted by Crippen LogP contribution is 2.64. The quantitative estimate of drug-likeness (QED) is 0.458. The summed E-state index contributed by atoms with van der Waals surface area (Å²) in [5, 5.41) is 16.3. The highest BCUT2D eigenvalue weighted by atomic mass is 16.5. The van der Waals surface area contributed by atoms with Crippen molar-refractivity contribution in [1.29, 1.82) is 0 Å². The van der Waals surface area contributed by atoms with Crippen LogP contribution in [0.1, 0.15) is 87.5 Å². The van der Waals surface area contributed by atoms with Gasteiger partial charge in [-0.3, -0.25) is 14.4 Å². The summed E-state index contributed by atoms with van der Waals surface area (Å²) in [7, 11) is 1.58. The molecule has 35 heavy (non-hydrogen) atoms. The highest BCUT2D eigenvalue weighted by Gasteiger charge is 2.79. The summed E-state index contributed by atoms with van der Waals surface area (Å²) >= 11 is 0. The Labute approximate surface area is 210 Å². The number of nitrogens with zero attached hydrogens (tertiary/aromatic N) is 1. The van der Waals surface area contributed by atoms with Crippen LogP contribution < -0.4 is 10.6 Å². The van der Waals surface area contributed by atoms with Crippen LogP contribution in [0.15, 0.2) is 0 Å². The van der Waals surface area contributed by atoms with Crippen molar-refractivity contribution in [2.24, 2.45) is 23.2 Å². The first-order chi connectivity index (χ1) is 16.1. The molecule has 8 nitrogen and oxygen atoms in total. The molecule has 8 heteroatoms. The number of hydrogen-bond donors (Lipinski definition) is 3. The number of hydrogen-bond acceptors (Lipinski definition) is 5. The molecule has 3 saturated heterocycles. The van der Waals surface area contributed by atoms with Crippen molar-refractivity contribution < 1.29 is 24.2 Å². The van der Waals surface area contributed by atoms with Gasteiger partial charge in [0.25, 0.3) is 0 Å². The molecule has 3 aliphatic heterocycles. The van der Waals surface area contributed by atoms with Crippen LogP contribution in [-0.2, 0) is 19.1 Å². The average Bonchev–Trinajstić information content (AvgIpc) is 3.32. The van der Waals surface area contributed by atoms with Gasteiger partial charge in [0.1, 0.15) is 11.6 Å². The van der Waals surface area contributed by atoms with Crippen LogP contribution >= 0.6 is 0 Å². The summed E-state index contributed by atoms with van der Waals surface area (Å²) in [6, 6.07) is -1.41. The molecule has 1 spiro atoms. The summed E-state index contributed by atoms with van der Waals surface area (Å²) in [5.41, 5.74) is -2.34. The first kappa shape index (κ1) is 27.9. The molecule has 0 saturated carbocycles. The molecule has 0 aromatic carbocycles. The lowest BCUT2D eigenvalue weighted by atomic mass is 9.65. The minimum Gasteiger partial charge on any atom is -0.394 e. The molecule has 0 aromatic rings. The smallest absolute Gasteiger partial charge is 0.246 e. The molecular weight excluding hydrogens is 446 g/mol. The number of fused-ring (bicyclic) bond motifs is 1. The van der Waals surface area contributed by atoms with Crippen molar-refractivity contribution in [3.05, 3.63) is 0 Å². The van der Waals surface area contributed by atoms with E-state index in [1.54, 1.807) is 11.9 Å². The maximum absolute atomic E-state index is 14.1. The lowest BCUT2D eigenvalue weighted by Gasteiger charge is -2.40. The number of aliphatic hydroxyl groups excluding tert-OH is 1. The topological polar surface area (TPSA) is 108 Å². The van der Waals surface area contributed by atoms with Crippen LogP contribution in [0.2, 0.25) is 0 Å². The van der Waals surface area contributed by atoms with E-state index in [0.717, 1.165) is 6.42 Å². The van der Waals surface area contributed by atoms with Crippen LogP contribution in [0.3, 0.4) is 0 Å². The molecule has 0 radical (unpaired) electrons. The number of rotatable bonds is 9. The maximum atomic E-state index is 14.1. The van der Waals surface area contributed by atoms with Crippen LogP contribution in [0.5, 0.6) is 0 Å². The van der Waals surface area contributed by atoms with Crippen molar-refractivity contribution >= 4 is 17.7 Å². The zero-order valence-corrected chi connectivity index (χ0v) is 23.2. The Morgan fingerprint density at radius 2 is 1.80 bits per heavy atom. The number of carbonyl (C=O) groups is 3. The summed E-state index contributed by atoms with van der Waals surface area (Å²) in [6.07, 6.45) is 3.07. The van der Waals surface area contributed by atoms with E-state index < -0.39 is 40.7 Å². The number of amides is 3. The predicted molar refractivity (Wildman–Crippen MR) is 134 cm³/mol. The Morgan fingerprint density at radius 3 is 2.29 bits per heavy atom. The van der Waals surface area contributed by atoms with Crippen LogP contribution in [-0.4, -0.2) is 70.2 Å². The molecule has 0 aliphatic carbocycles. The van der Waals surface area contributed by atoms with E-state index in [1.165, 1.54) is 0 Å². The normalized spacial score (nSPS) is 33.3. The van der Waals surface area contributed by atoms with Gasteiger partial charge in [0, 0.05) is 12.6 Å². The maximum Gasteiger partial charge on any atom is 0.246 e. The Bertz CT molecular complexity index is 850. The molecule has 2 bridgehead atoms. The second-order valence-corrected chi connectivity index (χ2v) is 13.3. The van der Waals surface area contributed by atoms with Crippen LogP contribution in [0, 0.1) is 23.2 Å². The number of carbonyl (C=O) groups excluding carboxylic acids is 3. The zero-order chi connectivity index (χ0) is 26.6. The van der Waals surface area contributed by atoms with Gasteiger partial charge in [-0.1, -0.05) is 41.5 Å². The van der Waals surface area contributed by atoms with Gasteiger partial charge in [0.05, 0.1) is 30.1 Å². The summed E-state index contributed by atoms with van der Waals surface area (Å²) in [5.74, 6) is -1.90. The summed E-state index contributed by atoms with van der Waals surface area (Å²) < 4.78 is 6.74. The fourth-order valence-electron chi connectivity index (χ4n) is 7.49. The van der Waals surface area contributed by atoms with E-state index in [9.17, 15) is 19.5 Å². The molecule has 0 aromatic heterocycles. The molecule has 3 heterocycles. The molecule has 3 fully saturated rings. The van der Waals surface area contributed by atoms with E-state index >= 15 is 0 Å². The second kappa shape index (κ2) is 9.33. The fourth-order valence-corrected chi connectivity index (χ4v) is 7.49. The van der Waals surface area contributed by atoms with E-state index in [2.05, 4.69) is 31.4 Å². The Morgan fingerprint density at radius 1 is 1.17 bits per heavy atom. The van der Waals surface area contributed by atoms with E-state index in [1.807, 2.05) is 34.6 Å². The first-order valence-corrected chi connectivity index (χ1v) is 13.2. The molecule has 2 unspecified atom stereocenters. The van der Waals surface area contributed by atoms with Gasteiger partial charge in [0.2, 0.25) is 17.7 Å². The third-order valence-corrected chi connectivity index (χ3v) is 8.18. The van der Waals surface area contributed by atoms with Gasteiger partial charge < -0.3 is 25.4 Å². The van der Waals surface area contributed by atoms with Gasteiger partial charge in [-0.2, -0.15) is 0 Å². The molecule has 6 atom stereocenters. The number of aliphatic hydroxyl groups is 1. The van der Waals surface area contributed by atoms with Gasteiger partial charge in [-0.05, 0) is 57.3 Å². The predicted octanol–water partition coefficient (Wildman–Crippen LogP) is 2.63. The fraction of sp³-hybridized carbons (Fsp3) is 0.889. The van der Waals surface area contributed by atoms with E-state index in [4.69, 9.17) is 4.74 Å². The van der Waals surface area contributed by atoms with Crippen molar-refractivity contribution in [2.75, 3.05) is 13.7 Å². The zero-order valence-electron chi connectivity index (χ0n) is 23.2. The van der Waals surface area contributed by atoms with Crippen LogP contribution in [0.4, 0.5) is 0 Å². The number of likely N-dealkylation sites (tertiary alicyclic amines) is 1. The number of ether oxygens (including phenoxy) is 1. The molecule has 3 rings (SSSR count). The third kappa shape index (κ3) is 4.73. The molecule has 3 amide bonds. The van der Waals surface area contributed by atoms with Gasteiger partial charge in [-0.25, -0.2) is 0 Å². The largest absolute Gasteiger partial charge is 0.394 e. The van der Waals surface area contributed by atoms with E-state index in [0.29, 0.717) is 25.7 Å². The SMILES string of the molecule is CC[C@@]12CCC3(O1)C(C(=O)NC(C)(C)CC(C)(C)C)N([C@@H](CO)CC(C)C)C(=O)[C@@H]3[C@@H]2C(=O)NC. The average molecular weight is 494 g/mol. The molecule has 3 N–H and O–H groups in total. The van der Waals surface area contributed by atoms with Crippen LogP contribution in [0.25, 0.3) is 0 Å². The number of nitrogens with one attached hydrogen (secondary N) is 2. The van der Waals surface area contributed by atoms with Gasteiger partial charge >= 0.3 is 0 Å². The van der Waals surface area contributed by atoms with Gasteiger partial charge in [0.15, 0.2) is 0 Å². The summed E-state index contributed by atoms with van der Waals surface area (Å²) in [4.78, 5) is 42.9. The standard InChI is InChI=1S/C27H47N3O5/c1-10-26-11-12-27(35-26)19(18(26)21(32)28-9)23(34)30(17(14-31)13-16(2)3)20(27)22(33)29-25(7,8)15-24(4,5)6/h16-20,31H,10-15H2,1-9H3,(H,28,32)(H,29,33)/t17-,18-,19+,20?,26+,27?/m1/s1. The van der Waals surface area contributed by atoms with E-state index in [-0.39, 0.29) is 35.7 Å². The van der Waals surface area contributed by atoms with Gasteiger partial charge in [-0.15, -0.1) is 0 Å². The first-order valence-electron chi connectivity index (χ1n) is 13.2. The van der Waals surface area contributed by atoms with Crippen molar-refractivity contribution in [2.45, 2.75) is 116 Å². The monoisotopic (exact) mass is 493 g/mol. The highest BCUT2D eigenvalue weighted by molar-refractivity contribution is 5.99. The lowest BCUT2D eigenvalue weighted by Crippen LogP contribution is -2.61. The Hall–Kier alpha value is -1.67. The van der Waals surface area contributed by atoms with Crippen molar-refractivity contribution in [3.63, 3.8) is 0 Å². The molecule has 3 aliphatic rings. The molecule has 200 valence electrons.